The predicted molar refractivity (Wildman–Crippen MR) is 194 cm³/mol. The smallest absolute Gasteiger partial charge is 0.263 e. The van der Waals surface area contributed by atoms with Crippen LogP contribution in [0.4, 0.5) is 17.5 Å². The van der Waals surface area contributed by atoms with Crippen LogP contribution in [0, 0.1) is 6.92 Å². The van der Waals surface area contributed by atoms with Crippen LogP contribution in [-0.4, -0.2) is 167 Å². The van der Waals surface area contributed by atoms with E-state index in [1.165, 1.54) is 6.92 Å². The van der Waals surface area contributed by atoms with Gasteiger partial charge < -0.3 is 60.2 Å². The summed E-state index contributed by atoms with van der Waals surface area (Å²) in [7, 11) is 0. The number of rotatable bonds is 10. The van der Waals surface area contributed by atoms with Gasteiger partial charge in [0.25, 0.3) is 5.56 Å². The molecular formula is C36H49N7O12. The molecule has 4 aliphatic rings. The number of hydrogen-bond acceptors (Lipinski definition) is 18. The number of carbonyl (C=O) groups is 1. The molecule has 300 valence electrons. The van der Waals surface area contributed by atoms with Gasteiger partial charge in [-0.05, 0) is 44.4 Å². The molecule has 8 N–H and O–H groups in total. The number of piperazine rings is 1. The fraction of sp³-hybridized carbons (Fsp3) is 0.639. The van der Waals surface area contributed by atoms with Crippen molar-refractivity contribution in [2.75, 3.05) is 49.6 Å². The largest absolute Gasteiger partial charge is 0.394 e. The maximum Gasteiger partial charge on any atom is 0.263 e. The maximum absolute atomic E-state index is 13.5. The van der Waals surface area contributed by atoms with Crippen molar-refractivity contribution < 1.29 is 54.8 Å². The molecule has 55 heavy (non-hydrogen) atoms. The second-order valence-electron chi connectivity index (χ2n) is 14.7. The van der Waals surface area contributed by atoms with E-state index in [4.69, 9.17) is 19.2 Å². The van der Waals surface area contributed by atoms with Gasteiger partial charge >= 0.3 is 0 Å². The van der Waals surface area contributed by atoms with Gasteiger partial charge in [0, 0.05) is 43.8 Å². The molecule has 0 bridgehead atoms. The molecule has 0 aromatic carbocycles. The summed E-state index contributed by atoms with van der Waals surface area (Å²) >= 11 is 0. The van der Waals surface area contributed by atoms with Crippen molar-refractivity contribution in [3.05, 3.63) is 46.0 Å². The Balaban J connectivity index is 0.985. The molecule has 3 aromatic rings. The van der Waals surface area contributed by atoms with E-state index in [1.807, 2.05) is 11.0 Å². The lowest BCUT2D eigenvalue weighted by molar-refractivity contribution is -0.349. The molecule has 1 unspecified atom stereocenters. The molecular weight excluding hydrogens is 722 g/mol. The van der Waals surface area contributed by atoms with Crippen molar-refractivity contribution in [1.82, 2.24) is 24.4 Å². The van der Waals surface area contributed by atoms with Gasteiger partial charge in [-0.25, -0.2) is 9.97 Å². The van der Waals surface area contributed by atoms with E-state index in [0.717, 1.165) is 31.4 Å². The average molecular weight is 772 g/mol. The van der Waals surface area contributed by atoms with Gasteiger partial charge in [0.15, 0.2) is 12.1 Å². The molecule has 0 amide bonds. The Hall–Kier alpha value is -3.73. The summed E-state index contributed by atoms with van der Waals surface area (Å²) in [5.74, 6) is 0.462. The molecule has 1 aliphatic carbocycles. The first-order chi connectivity index (χ1) is 26.4. The number of carbonyl (C=O) groups excluding carboxylic acids is 1. The number of aliphatic hydroxyl groups is 7. The molecule has 6 heterocycles. The third-order valence-electron chi connectivity index (χ3n) is 11.3. The summed E-state index contributed by atoms with van der Waals surface area (Å²) in [6, 6.07) is 3.64. The molecule has 3 aliphatic heterocycles. The number of fused-ring (bicyclic) bond motifs is 1. The van der Waals surface area contributed by atoms with E-state index in [-0.39, 0.29) is 28.9 Å². The quantitative estimate of drug-likeness (QED) is 0.107. The van der Waals surface area contributed by atoms with Crippen molar-refractivity contribution in [3.63, 3.8) is 0 Å². The average Bonchev–Trinajstić information content (AvgIpc) is 3.72. The second-order valence-corrected chi connectivity index (χ2v) is 14.7. The first kappa shape index (κ1) is 39.5. The van der Waals surface area contributed by atoms with Gasteiger partial charge in [0.1, 0.15) is 66.5 Å². The Morgan fingerprint density at radius 3 is 2.24 bits per heavy atom. The third-order valence-corrected chi connectivity index (χ3v) is 11.3. The molecule has 1 saturated carbocycles. The number of hydrogen-bond donors (Lipinski definition) is 8. The third kappa shape index (κ3) is 7.58. The highest BCUT2D eigenvalue weighted by Gasteiger charge is 2.51. The lowest BCUT2D eigenvalue weighted by Gasteiger charge is -2.49. The minimum Gasteiger partial charge on any atom is -0.394 e. The first-order valence-corrected chi connectivity index (χ1v) is 18.6. The zero-order valence-electron chi connectivity index (χ0n) is 30.6. The number of nitrogens with one attached hydrogen (secondary N) is 1. The van der Waals surface area contributed by atoms with Gasteiger partial charge in [-0.2, -0.15) is 4.98 Å². The maximum atomic E-state index is 13.5. The molecule has 19 nitrogen and oxygen atoms in total. The number of aromatic nitrogens is 4. The molecule has 0 spiro atoms. The van der Waals surface area contributed by atoms with E-state index in [0.29, 0.717) is 48.6 Å². The highest BCUT2D eigenvalue weighted by molar-refractivity contribution is 5.99. The minimum atomic E-state index is -1.74. The number of aliphatic hydroxyl groups excluding tert-OH is 7. The zero-order chi connectivity index (χ0) is 39.1. The van der Waals surface area contributed by atoms with Crippen LogP contribution in [0.15, 0.2) is 29.3 Å². The van der Waals surface area contributed by atoms with Crippen LogP contribution in [0.2, 0.25) is 0 Å². The molecule has 19 heteroatoms. The monoisotopic (exact) mass is 771 g/mol. The van der Waals surface area contributed by atoms with Gasteiger partial charge in [-0.1, -0.05) is 12.8 Å². The standard InChI is InChI=1S/C36H49N7O12/c1-17-21-14-38-36(40-32(21)43(19-5-3-4-6-19)33(52)25(17)18(2)46)39-24-8-7-20(13-37-24)41-9-11-42(12-10-41)34-29(50)28(49)31(23(16-45)53-34)55-35-30(51)27(48)26(47)22(15-44)54-35/h7-8,13-14,19,22-23,26-31,34-35,44-45,47-51H,3-6,9-12,15-16H2,1-2H3,(H,37,38,39,40)/t22-,23-,26+,27+,28-,29-,30-,31-,34?,35+/m1/s1. The van der Waals surface area contributed by atoms with E-state index < -0.39 is 74.6 Å². The summed E-state index contributed by atoms with van der Waals surface area (Å²) in [4.78, 5) is 43.7. The van der Waals surface area contributed by atoms with E-state index in [9.17, 15) is 45.3 Å². The Kier molecular flexibility index (Phi) is 11.8. The van der Waals surface area contributed by atoms with Gasteiger partial charge in [0.2, 0.25) is 5.95 Å². The first-order valence-electron chi connectivity index (χ1n) is 18.6. The van der Waals surface area contributed by atoms with Crippen LogP contribution in [-0.2, 0) is 14.2 Å². The van der Waals surface area contributed by atoms with Gasteiger partial charge in [-0.15, -0.1) is 0 Å². The van der Waals surface area contributed by atoms with Crippen molar-refractivity contribution in [1.29, 1.82) is 0 Å². The summed E-state index contributed by atoms with van der Waals surface area (Å²) < 4.78 is 18.7. The lowest BCUT2D eigenvalue weighted by atomic mass is 9.96. The summed E-state index contributed by atoms with van der Waals surface area (Å²) in [6.45, 7) is 3.73. The number of pyridine rings is 2. The number of anilines is 3. The lowest BCUT2D eigenvalue weighted by Crippen LogP contribution is -2.67. The number of ether oxygens (including phenoxy) is 3. The minimum absolute atomic E-state index is 0.0422. The Morgan fingerprint density at radius 2 is 1.60 bits per heavy atom. The molecule has 7 rings (SSSR count). The van der Waals surface area contributed by atoms with Crippen LogP contribution in [0.25, 0.3) is 11.0 Å². The van der Waals surface area contributed by atoms with Crippen LogP contribution >= 0.6 is 0 Å². The van der Waals surface area contributed by atoms with Crippen molar-refractivity contribution >= 4 is 34.3 Å². The molecule has 3 saturated heterocycles. The van der Waals surface area contributed by atoms with E-state index >= 15 is 0 Å². The highest BCUT2D eigenvalue weighted by Crippen LogP contribution is 2.33. The molecule has 3 aromatic heterocycles. The van der Waals surface area contributed by atoms with Gasteiger partial charge in [-0.3, -0.25) is 19.1 Å². The second kappa shape index (κ2) is 16.4. The van der Waals surface area contributed by atoms with Gasteiger partial charge in [0.05, 0.1) is 30.7 Å². The highest BCUT2D eigenvalue weighted by atomic mass is 16.7. The zero-order valence-corrected chi connectivity index (χ0v) is 30.6. The van der Waals surface area contributed by atoms with Crippen LogP contribution in [0.5, 0.6) is 0 Å². The summed E-state index contributed by atoms with van der Waals surface area (Å²) in [5.41, 5.74) is 1.72. The summed E-state index contributed by atoms with van der Waals surface area (Å²) in [6.07, 6.45) is -7.50. The Morgan fingerprint density at radius 1 is 0.891 bits per heavy atom. The fourth-order valence-corrected chi connectivity index (χ4v) is 8.18. The fourth-order valence-electron chi connectivity index (χ4n) is 8.18. The summed E-state index contributed by atoms with van der Waals surface area (Å²) in [5, 5.41) is 76.2. The van der Waals surface area contributed by atoms with Crippen LogP contribution in [0.3, 0.4) is 0 Å². The number of Topliss-reactive ketones (excluding diaryl/α,β-unsaturated/α-hetero) is 1. The molecule has 10 atom stereocenters. The Labute approximate surface area is 315 Å². The topological polar surface area (TPSA) is 266 Å². The molecule has 0 radical (unpaired) electrons. The number of nitrogens with zero attached hydrogens (tertiary/aromatic N) is 6. The predicted octanol–water partition coefficient (Wildman–Crippen LogP) is -1.70. The van der Waals surface area contributed by atoms with E-state index in [2.05, 4.69) is 20.2 Å². The number of ketones is 1. The SMILES string of the molecule is CC(=O)c1c(C)c2cnc(Nc3ccc(N4CCN(C5O[C@H](CO)[C@@H](O[C@@H]6O[C@H](CO)[C@H](O)[C@H](O)[C@H]6O)[C@H](O)[C@H]5O)CC4)cn3)nc2n(C2CCCC2)c1=O. The van der Waals surface area contributed by atoms with E-state index in [1.54, 1.807) is 30.0 Å². The van der Waals surface area contributed by atoms with Crippen LogP contribution in [0.1, 0.15) is 54.6 Å². The number of aryl methyl sites for hydroxylation is 1. The van der Waals surface area contributed by atoms with Crippen molar-refractivity contribution in [2.24, 2.45) is 0 Å². The van der Waals surface area contributed by atoms with Crippen LogP contribution < -0.4 is 15.8 Å². The molecule has 4 fully saturated rings. The Bertz CT molecular complexity index is 1880. The van der Waals surface area contributed by atoms with Crippen molar-refractivity contribution in [3.8, 4) is 0 Å². The normalized spacial score (nSPS) is 32.3. The van der Waals surface area contributed by atoms with Crippen molar-refractivity contribution in [2.45, 2.75) is 107 Å².